The van der Waals surface area contributed by atoms with Crippen LogP contribution in [-0.4, -0.2) is 5.78 Å². The normalized spacial score (nSPS) is 9.33. The summed E-state index contributed by atoms with van der Waals surface area (Å²) in [5.74, 6) is 0.167. The van der Waals surface area contributed by atoms with Crippen molar-refractivity contribution < 1.29 is 4.79 Å². The SMILES string of the molecule is C=C(C)c1ccc(Cl)cc1C.CC(C)=O.Cc1cccc(-c2ccccc2)c1.Cc1ccccc1C. The van der Waals surface area contributed by atoms with Crippen LogP contribution in [0.3, 0.4) is 0 Å². The zero-order valence-electron chi connectivity index (χ0n) is 22.7. The van der Waals surface area contributed by atoms with Crippen molar-refractivity contribution >= 4 is 23.0 Å². The molecule has 0 unspecified atom stereocenters. The third kappa shape index (κ3) is 12.3. The van der Waals surface area contributed by atoms with E-state index < -0.39 is 0 Å². The number of hydrogen-bond acceptors (Lipinski definition) is 1. The molecule has 0 saturated heterocycles. The Morgan fingerprint density at radius 2 is 1.11 bits per heavy atom. The summed E-state index contributed by atoms with van der Waals surface area (Å²) < 4.78 is 0. The lowest BCUT2D eigenvalue weighted by atomic mass is 10.0. The van der Waals surface area contributed by atoms with Gasteiger partial charge in [-0.2, -0.15) is 0 Å². The summed E-state index contributed by atoms with van der Waals surface area (Å²) >= 11 is 5.79. The lowest BCUT2D eigenvalue weighted by Gasteiger charge is -2.03. The fourth-order valence-electron chi connectivity index (χ4n) is 3.22. The Morgan fingerprint density at radius 1 is 0.611 bits per heavy atom. The first kappa shape index (κ1) is 30.6. The van der Waals surface area contributed by atoms with E-state index >= 15 is 0 Å². The van der Waals surface area contributed by atoms with Crippen LogP contribution < -0.4 is 0 Å². The van der Waals surface area contributed by atoms with E-state index in [0.717, 1.165) is 10.6 Å². The lowest BCUT2D eigenvalue weighted by Crippen LogP contribution is -1.83. The van der Waals surface area contributed by atoms with Crippen LogP contribution in [0.2, 0.25) is 5.02 Å². The van der Waals surface area contributed by atoms with Crippen LogP contribution in [0.15, 0.2) is 104 Å². The number of rotatable bonds is 2. The largest absolute Gasteiger partial charge is 0.300 e. The van der Waals surface area contributed by atoms with Gasteiger partial charge in [0.15, 0.2) is 0 Å². The van der Waals surface area contributed by atoms with E-state index in [2.05, 4.69) is 100 Å². The molecular formula is C34H39ClO. The molecule has 36 heavy (non-hydrogen) atoms. The minimum atomic E-state index is 0.167. The number of carbonyl (C=O) groups is 1. The zero-order valence-corrected chi connectivity index (χ0v) is 23.5. The molecule has 0 saturated carbocycles. The summed E-state index contributed by atoms with van der Waals surface area (Å²) in [6.07, 6.45) is 0. The molecule has 1 nitrogen and oxygen atoms in total. The van der Waals surface area contributed by atoms with Gasteiger partial charge in [-0.3, -0.25) is 0 Å². The summed E-state index contributed by atoms with van der Waals surface area (Å²) in [7, 11) is 0. The van der Waals surface area contributed by atoms with Crippen LogP contribution >= 0.6 is 11.6 Å². The minimum absolute atomic E-state index is 0.167. The third-order valence-electron chi connectivity index (χ3n) is 5.20. The molecule has 0 aliphatic heterocycles. The number of benzene rings is 4. The number of aryl methyl sites for hydroxylation is 4. The lowest BCUT2D eigenvalue weighted by molar-refractivity contribution is -0.114. The van der Waals surface area contributed by atoms with Gasteiger partial charge < -0.3 is 4.79 Å². The molecule has 2 heteroatoms. The monoisotopic (exact) mass is 498 g/mol. The first-order chi connectivity index (χ1) is 17.0. The molecular weight excluding hydrogens is 460 g/mol. The van der Waals surface area contributed by atoms with Crippen LogP contribution in [0.25, 0.3) is 16.7 Å². The zero-order chi connectivity index (χ0) is 27.1. The fraction of sp³-hybridized carbons (Fsp3) is 0.206. The van der Waals surface area contributed by atoms with Gasteiger partial charge in [0.2, 0.25) is 0 Å². The van der Waals surface area contributed by atoms with Gasteiger partial charge in [-0.1, -0.05) is 114 Å². The maximum Gasteiger partial charge on any atom is 0.126 e. The first-order valence-electron chi connectivity index (χ1n) is 12.0. The first-order valence-corrected chi connectivity index (χ1v) is 12.4. The predicted octanol–water partition coefficient (Wildman–Crippen LogP) is 10.2. The van der Waals surface area contributed by atoms with E-state index in [1.54, 1.807) is 0 Å². The molecule has 0 aliphatic carbocycles. The van der Waals surface area contributed by atoms with E-state index in [-0.39, 0.29) is 5.78 Å². The third-order valence-corrected chi connectivity index (χ3v) is 5.43. The van der Waals surface area contributed by atoms with Gasteiger partial charge in [0, 0.05) is 5.02 Å². The van der Waals surface area contributed by atoms with Crippen molar-refractivity contribution in [2.24, 2.45) is 0 Å². The number of ketones is 1. The molecule has 0 radical (unpaired) electrons. The Morgan fingerprint density at radius 3 is 1.56 bits per heavy atom. The summed E-state index contributed by atoms with van der Waals surface area (Å²) in [5, 5.41) is 0.785. The Balaban J connectivity index is 0.000000257. The highest BCUT2D eigenvalue weighted by atomic mass is 35.5. The second kappa shape index (κ2) is 16.3. The van der Waals surface area contributed by atoms with E-state index in [4.69, 9.17) is 11.6 Å². The van der Waals surface area contributed by atoms with Crippen molar-refractivity contribution in [2.75, 3.05) is 0 Å². The highest BCUT2D eigenvalue weighted by molar-refractivity contribution is 6.30. The highest BCUT2D eigenvalue weighted by Crippen LogP contribution is 2.20. The van der Waals surface area contributed by atoms with Crippen molar-refractivity contribution in [1.29, 1.82) is 0 Å². The molecule has 0 aromatic heterocycles. The standard InChI is InChI=1S/C13H12.C10H11Cl.C8H10.C3H6O/c1-11-6-5-9-13(10-11)12-7-3-2-4-8-12;1-7(2)10-5-4-9(11)6-8(10)3;1-7-5-3-4-6-8(7)2;1-3(2)4/h2-10H,1H3;4-6H,1H2,2-3H3;3-6H,1-2H3;1-2H3. The van der Waals surface area contributed by atoms with Crippen molar-refractivity contribution in [3.05, 3.63) is 136 Å². The molecule has 0 spiro atoms. The molecule has 0 amide bonds. The second-order valence-corrected chi connectivity index (χ2v) is 9.40. The minimum Gasteiger partial charge on any atom is -0.300 e. The molecule has 0 atom stereocenters. The molecule has 0 heterocycles. The van der Waals surface area contributed by atoms with E-state index in [0.29, 0.717) is 0 Å². The van der Waals surface area contributed by atoms with Gasteiger partial charge in [-0.25, -0.2) is 0 Å². The van der Waals surface area contributed by atoms with Crippen LogP contribution in [0.4, 0.5) is 0 Å². The van der Waals surface area contributed by atoms with Crippen molar-refractivity contribution in [2.45, 2.75) is 48.5 Å². The molecule has 4 aromatic rings. The molecule has 4 rings (SSSR count). The van der Waals surface area contributed by atoms with Gasteiger partial charge >= 0.3 is 0 Å². The Bertz CT molecular complexity index is 1210. The molecule has 0 fully saturated rings. The van der Waals surface area contributed by atoms with Gasteiger partial charge in [-0.05, 0) is 94.0 Å². The molecule has 4 aromatic carbocycles. The summed E-state index contributed by atoms with van der Waals surface area (Å²) in [4.78, 5) is 9.44. The van der Waals surface area contributed by atoms with Crippen LogP contribution in [0, 0.1) is 27.7 Å². The fourth-order valence-corrected chi connectivity index (χ4v) is 3.45. The maximum atomic E-state index is 9.44. The Kier molecular flexibility index (Phi) is 13.8. The molecule has 188 valence electrons. The van der Waals surface area contributed by atoms with Crippen LogP contribution in [0.5, 0.6) is 0 Å². The number of carbonyl (C=O) groups excluding carboxylic acids is 1. The van der Waals surface area contributed by atoms with Crippen molar-refractivity contribution in [3.63, 3.8) is 0 Å². The number of halogens is 1. The smallest absolute Gasteiger partial charge is 0.126 e. The quantitative estimate of drug-likeness (QED) is 0.268. The topological polar surface area (TPSA) is 17.1 Å². The van der Waals surface area contributed by atoms with Crippen molar-refractivity contribution in [3.8, 4) is 11.1 Å². The molecule has 0 bridgehead atoms. The molecule has 0 N–H and O–H groups in total. The Labute approximate surface area is 223 Å². The number of allylic oxidation sites excluding steroid dienone is 1. The average Bonchev–Trinajstić information content (AvgIpc) is 2.82. The van der Waals surface area contributed by atoms with Gasteiger partial charge in [-0.15, -0.1) is 0 Å². The molecule has 0 aliphatic rings. The van der Waals surface area contributed by atoms with Crippen molar-refractivity contribution in [1.82, 2.24) is 0 Å². The van der Waals surface area contributed by atoms with E-state index in [1.807, 2.05) is 38.1 Å². The number of Topliss-reactive ketones (excluding diaryl/α,β-unsaturated/α-hetero) is 1. The summed E-state index contributed by atoms with van der Waals surface area (Å²) in [6, 6.07) is 33.2. The highest BCUT2D eigenvalue weighted by Gasteiger charge is 1.98. The summed E-state index contributed by atoms with van der Waals surface area (Å²) in [6.45, 7) is 17.3. The van der Waals surface area contributed by atoms with Gasteiger partial charge in [0.05, 0.1) is 0 Å². The van der Waals surface area contributed by atoms with Gasteiger partial charge in [0.25, 0.3) is 0 Å². The average molecular weight is 499 g/mol. The Hall–Kier alpha value is -3.42. The summed E-state index contributed by atoms with van der Waals surface area (Å²) in [5.41, 5.74) is 10.1. The van der Waals surface area contributed by atoms with Crippen LogP contribution in [0.1, 0.15) is 48.6 Å². The van der Waals surface area contributed by atoms with Crippen LogP contribution in [-0.2, 0) is 4.79 Å². The number of hydrogen-bond donors (Lipinski definition) is 0. The predicted molar refractivity (Wildman–Crippen MR) is 160 cm³/mol. The maximum absolute atomic E-state index is 9.44. The van der Waals surface area contributed by atoms with Gasteiger partial charge in [0.1, 0.15) is 5.78 Å². The second-order valence-electron chi connectivity index (χ2n) is 8.97. The van der Waals surface area contributed by atoms with E-state index in [1.165, 1.54) is 52.8 Å². The van der Waals surface area contributed by atoms with E-state index in [9.17, 15) is 4.79 Å².